The summed E-state index contributed by atoms with van der Waals surface area (Å²) in [4.78, 5) is 22.5. The van der Waals surface area contributed by atoms with Crippen LogP contribution in [0.3, 0.4) is 0 Å². The van der Waals surface area contributed by atoms with Crippen LogP contribution >= 0.6 is 11.6 Å². The molecule has 148 valence electrons. The molecule has 0 saturated carbocycles. The molecule has 1 amide bonds. The number of amides is 1. The Morgan fingerprint density at radius 3 is 2.76 bits per heavy atom. The van der Waals surface area contributed by atoms with Gasteiger partial charge in [-0.3, -0.25) is 19.6 Å². The van der Waals surface area contributed by atoms with E-state index in [2.05, 4.69) is 15.6 Å². The zero-order valence-electron chi connectivity index (χ0n) is 15.8. The normalized spacial score (nSPS) is 11.0. The van der Waals surface area contributed by atoms with E-state index in [9.17, 15) is 14.9 Å². The number of nitro benzene ring substituents is 1. The Morgan fingerprint density at radius 1 is 1.28 bits per heavy atom. The van der Waals surface area contributed by atoms with Crippen molar-refractivity contribution in [2.24, 2.45) is 5.10 Å². The Bertz CT molecular complexity index is 1110. The highest BCUT2D eigenvalue weighted by Crippen LogP contribution is 2.19. The van der Waals surface area contributed by atoms with Crippen LogP contribution in [-0.2, 0) is 6.54 Å². The second kappa shape index (κ2) is 8.66. The van der Waals surface area contributed by atoms with Gasteiger partial charge < -0.3 is 0 Å². The van der Waals surface area contributed by atoms with Gasteiger partial charge in [-0.2, -0.15) is 10.2 Å². The van der Waals surface area contributed by atoms with Crippen LogP contribution in [0.15, 0.2) is 53.6 Å². The van der Waals surface area contributed by atoms with Crippen LogP contribution in [-0.4, -0.2) is 26.8 Å². The maximum Gasteiger partial charge on any atom is 0.271 e. The van der Waals surface area contributed by atoms with Crippen LogP contribution in [0.2, 0.25) is 5.02 Å². The molecule has 0 atom stereocenters. The van der Waals surface area contributed by atoms with Gasteiger partial charge in [-0.25, -0.2) is 5.43 Å². The number of nitro groups is 1. The van der Waals surface area contributed by atoms with Gasteiger partial charge in [0.25, 0.3) is 11.6 Å². The molecule has 9 heteroatoms. The number of hydrogen-bond donors (Lipinski definition) is 1. The van der Waals surface area contributed by atoms with Gasteiger partial charge in [0.15, 0.2) is 0 Å². The van der Waals surface area contributed by atoms with Crippen molar-refractivity contribution in [1.29, 1.82) is 0 Å². The highest BCUT2D eigenvalue weighted by Gasteiger charge is 2.13. The predicted octanol–water partition coefficient (Wildman–Crippen LogP) is 3.87. The molecule has 1 N–H and O–H groups in total. The summed E-state index contributed by atoms with van der Waals surface area (Å²) in [5.41, 5.74) is 5.72. The average Bonchev–Trinajstić information content (AvgIpc) is 2.97. The zero-order valence-corrected chi connectivity index (χ0v) is 16.6. The van der Waals surface area contributed by atoms with Gasteiger partial charge >= 0.3 is 0 Å². The van der Waals surface area contributed by atoms with E-state index in [1.54, 1.807) is 0 Å². The first kappa shape index (κ1) is 20.2. The summed E-state index contributed by atoms with van der Waals surface area (Å²) in [6.07, 6.45) is 1.51. The number of hydrogen-bond acceptors (Lipinski definition) is 5. The SMILES string of the molecule is Cc1nn(Cc2ccccc2Cl)c(C)c1/C=N/NC(=O)c1cccc([N+](=O)[O-])c1. The Hall–Kier alpha value is -3.52. The molecule has 0 aliphatic rings. The van der Waals surface area contributed by atoms with E-state index in [0.717, 1.165) is 22.5 Å². The van der Waals surface area contributed by atoms with E-state index in [4.69, 9.17) is 11.6 Å². The number of carbonyl (C=O) groups excluding carboxylic acids is 1. The van der Waals surface area contributed by atoms with E-state index in [1.807, 2.05) is 42.8 Å². The Kier molecular flexibility index (Phi) is 6.04. The molecule has 3 rings (SSSR count). The topological polar surface area (TPSA) is 102 Å². The highest BCUT2D eigenvalue weighted by atomic mass is 35.5. The fraction of sp³-hybridized carbons (Fsp3) is 0.150. The van der Waals surface area contributed by atoms with E-state index >= 15 is 0 Å². The summed E-state index contributed by atoms with van der Waals surface area (Å²) >= 11 is 6.22. The molecule has 0 unspecified atom stereocenters. The van der Waals surface area contributed by atoms with Gasteiger partial charge in [0.1, 0.15) is 0 Å². The maximum atomic E-state index is 12.2. The maximum absolute atomic E-state index is 12.2. The van der Waals surface area contributed by atoms with Gasteiger partial charge in [-0.1, -0.05) is 35.9 Å². The number of nitrogens with one attached hydrogen (secondary N) is 1. The van der Waals surface area contributed by atoms with Gasteiger partial charge in [-0.15, -0.1) is 0 Å². The summed E-state index contributed by atoms with van der Waals surface area (Å²) in [6, 6.07) is 13.0. The lowest BCUT2D eigenvalue weighted by Crippen LogP contribution is -2.17. The number of hydrazone groups is 1. The minimum Gasteiger partial charge on any atom is -0.267 e. The third kappa shape index (κ3) is 4.67. The van der Waals surface area contributed by atoms with Gasteiger partial charge in [0.2, 0.25) is 0 Å². The van der Waals surface area contributed by atoms with Crippen molar-refractivity contribution in [1.82, 2.24) is 15.2 Å². The molecule has 3 aromatic rings. The summed E-state index contributed by atoms with van der Waals surface area (Å²) in [5.74, 6) is -0.538. The molecular formula is C20H18ClN5O3. The summed E-state index contributed by atoms with van der Waals surface area (Å²) < 4.78 is 1.82. The van der Waals surface area contributed by atoms with E-state index in [-0.39, 0.29) is 11.3 Å². The lowest BCUT2D eigenvalue weighted by molar-refractivity contribution is -0.384. The Balaban J connectivity index is 1.73. The molecule has 8 nitrogen and oxygen atoms in total. The molecule has 0 bridgehead atoms. The first-order chi connectivity index (χ1) is 13.9. The lowest BCUT2D eigenvalue weighted by atomic mass is 10.2. The van der Waals surface area contributed by atoms with Gasteiger partial charge in [0.05, 0.1) is 23.4 Å². The van der Waals surface area contributed by atoms with Gasteiger partial charge in [-0.05, 0) is 31.5 Å². The number of benzene rings is 2. The zero-order chi connectivity index (χ0) is 21.0. The molecule has 1 heterocycles. The molecule has 0 radical (unpaired) electrons. The van der Waals surface area contributed by atoms with E-state index in [0.29, 0.717) is 11.6 Å². The summed E-state index contributed by atoms with van der Waals surface area (Å²) in [7, 11) is 0. The molecule has 0 aliphatic heterocycles. The third-order valence-electron chi connectivity index (χ3n) is 4.39. The number of aryl methyl sites for hydroxylation is 1. The molecule has 0 saturated heterocycles. The fourth-order valence-corrected chi connectivity index (χ4v) is 3.02. The summed E-state index contributed by atoms with van der Waals surface area (Å²) in [5, 5.41) is 20.0. The molecule has 2 aromatic carbocycles. The minimum atomic E-state index is -0.555. The van der Waals surface area contributed by atoms with Crippen LogP contribution in [0.4, 0.5) is 5.69 Å². The third-order valence-corrected chi connectivity index (χ3v) is 4.76. The van der Waals surface area contributed by atoms with Crippen molar-refractivity contribution >= 4 is 29.4 Å². The van der Waals surface area contributed by atoms with Crippen LogP contribution in [0.25, 0.3) is 0 Å². The van der Waals surface area contributed by atoms with Crippen molar-refractivity contribution in [2.75, 3.05) is 0 Å². The smallest absolute Gasteiger partial charge is 0.267 e. The number of non-ortho nitro benzene ring substituents is 1. The molecule has 1 aromatic heterocycles. The van der Waals surface area contributed by atoms with Crippen LogP contribution in [0.1, 0.15) is 32.9 Å². The largest absolute Gasteiger partial charge is 0.271 e. The quantitative estimate of drug-likeness (QED) is 0.377. The van der Waals surface area contributed by atoms with Crippen LogP contribution < -0.4 is 5.43 Å². The fourth-order valence-electron chi connectivity index (χ4n) is 2.82. The van der Waals surface area contributed by atoms with E-state index in [1.165, 1.54) is 30.5 Å². The van der Waals surface area contributed by atoms with Crippen molar-refractivity contribution in [3.63, 3.8) is 0 Å². The second-order valence-corrected chi connectivity index (χ2v) is 6.75. The monoisotopic (exact) mass is 411 g/mol. The number of rotatable bonds is 6. The number of carbonyl (C=O) groups is 1. The standard InChI is InChI=1S/C20H18ClN5O3/c1-13-18(14(2)25(24-13)12-16-6-3-4-9-19(16)21)11-22-23-20(27)15-7-5-8-17(10-15)26(28)29/h3-11H,12H2,1-2H3,(H,23,27)/b22-11+. The first-order valence-electron chi connectivity index (χ1n) is 8.72. The Morgan fingerprint density at radius 2 is 2.03 bits per heavy atom. The highest BCUT2D eigenvalue weighted by molar-refractivity contribution is 6.31. The second-order valence-electron chi connectivity index (χ2n) is 6.34. The molecule has 0 fully saturated rings. The minimum absolute atomic E-state index is 0.152. The average molecular weight is 412 g/mol. The van der Waals surface area contributed by atoms with Crippen LogP contribution in [0.5, 0.6) is 0 Å². The number of aromatic nitrogens is 2. The number of nitrogens with zero attached hydrogens (tertiary/aromatic N) is 4. The van der Waals surface area contributed by atoms with Crippen LogP contribution in [0, 0.1) is 24.0 Å². The Labute approximate surface area is 172 Å². The molecule has 29 heavy (non-hydrogen) atoms. The predicted molar refractivity (Wildman–Crippen MR) is 110 cm³/mol. The van der Waals surface area contributed by atoms with Crippen molar-refractivity contribution in [3.8, 4) is 0 Å². The molecular weight excluding hydrogens is 394 g/mol. The van der Waals surface area contributed by atoms with Crippen molar-refractivity contribution < 1.29 is 9.72 Å². The van der Waals surface area contributed by atoms with Gasteiger partial charge in [0, 0.05) is 34.0 Å². The summed E-state index contributed by atoms with van der Waals surface area (Å²) in [6.45, 7) is 4.26. The van der Waals surface area contributed by atoms with Crippen molar-refractivity contribution in [2.45, 2.75) is 20.4 Å². The number of halogens is 1. The van der Waals surface area contributed by atoms with Crippen molar-refractivity contribution in [3.05, 3.63) is 91.7 Å². The first-order valence-corrected chi connectivity index (χ1v) is 9.10. The molecule has 0 aliphatic carbocycles. The van der Waals surface area contributed by atoms with E-state index < -0.39 is 10.8 Å². The lowest BCUT2D eigenvalue weighted by Gasteiger charge is -2.06. The molecule has 0 spiro atoms.